The summed E-state index contributed by atoms with van der Waals surface area (Å²) in [5, 5.41) is 10.0. The van der Waals surface area contributed by atoms with E-state index in [9.17, 15) is 14.0 Å². The minimum absolute atomic E-state index is 0.260. The van der Waals surface area contributed by atoms with E-state index in [-0.39, 0.29) is 9.90 Å². The van der Waals surface area contributed by atoms with Gasteiger partial charge in [-0.15, -0.1) is 11.3 Å². The molecule has 0 bridgehead atoms. The van der Waals surface area contributed by atoms with Crippen LogP contribution in [0, 0.1) is 5.82 Å². The van der Waals surface area contributed by atoms with Crippen LogP contribution in [0.4, 0.5) is 4.39 Å². The van der Waals surface area contributed by atoms with Crippen molar-refractivity contribution in [1.82, 2.24) is 4.90 Å². The van der Waals surface area contributed by atoms with Gasteiger partial charge in [0, 0.05) is 16.6 Å². The average Bonchev–Trinajstić information content (AvgIpc) is 3.03. The molecule has 1 aliphatic rings. The molecule has 0 unspecified atom stereocenters. The highest BCUT2D eigenvalue weighted by molar-refractivity contribution is 7.21. The van der Waals surface area contributed by atoms with Gasteiger partial charge in [-0.3, -0.25) is 4.79 Å². The number of thiophene rings is 1. The van der Waals surface area contributed by atoms with Crippen molar-refractivity contribution in [3.8, 4) is 0 Å². The van der Waals surface area contributed by atoms with Gasteiger partial charge in [-0.05, 0) is 31.0 Å². The minimum atomic E-state index is -1.01. The number of benzene rings is 1. The van der Waals surface area contributed by atoms with E-state index in [1.807, 2.05) is 0 Å². The Balaban J connectivity index is 2.02. The van der Waals surface area contributed by atoms with Gasteiger partial charge in [0.1, 0.15) is 16.7 Å². The van der Waals surface area contributed by atoms with Crippen LogP contribution in [-0.4, -0.2) is 34.5 Å². The second-order valence-corrected chi connectivity index (χ2v) is 6.31. The molecule has 2 heterocycles. The Bertz CT molecular complexity index is 745. The van der Waals surface area contributed by atoms with Crippen LogP contribution >= 0.6 is 22.9 Å². The summed E-state index contributed by atoms with van der Waals surface area (Å²) in [6, 6.07) is 3.32. The fourth-order valence-corrected chi connectivity index (χ4v) is 4.07. The third-order valence-electron chi connectivity index (χ3n) is 3.58. The summed E-state index contributed by atoms with van der Waals surface area (Å²) in [5.74, 6) is -1.81. The molecule has 110 valence electrons. The summed E-state index contributed by atoms with van der Waals surface area (Å²) >= 11 is 7.29. The number of carbonyl (C=O) groups excluding carboxylic acids is 1. The first-order valence-electron chi connectivity index (χ1n) is 6.40. The van der Waals surface area contributed by atoms with E-state index in [0.717, 1.165) is 11.3 Å². The zero-order valence-electron chi connectivity index (χ0n) is 10.8. The SMILES string of the molecule is O=C(O)[C@@H]1CCCN1C(=O)c1sc2cc(F)ccc2c1Cl. The quantitative estimate of drug-likeness (QED) is 0.920. The van der Waals surface area contributed by atoms with Gasteiger partial charge in [-0.1, -0.05) is 11.6 Å². The van der Waals surface area contributed by atoms with Crippen LogP contribution in [0.2, 0.25) is 5.02 Å². The van der Waals surface area contributed by atoms with Crippen LogP contribution in [0.5, 0.6) is 0 Å². The van der Waals surface area contributed by atoms with Gasteiger partial charge in [0.05, 0.1) is 5.02 Å². The summed E-state index contributed by atoms with van der Waals surface area (Å²) in [5.41, 5.74) is 0. The smallest absolute Gasteiger partial charge is 0.326 e. The van der Waals surface area contributed by atoms with Crippen LogP contribution in [-0.2, 0) is 4.79 Å². The average molecular weight is 328 g/mol. The molecule has 21 heavy (non-hydrogen) atoms. The molecule has 0 saturated carbocycles. The zero-order valence-corrected chi connectivity index (χ0v) is 12.4. The van der Waals surface area contributed by atoms with Crippen molar-refractivity contribution in [2.75, 3.05) is 6.54 Å². The lowest BCUT2D eigenvalue weighted by Gasteiger charge is -2.20. The monoisotopic (exact) mass is 327 g/mol. The van der Waals surface area contributed by atoms with E-state index in [4.69, 9.17) is 16.7 Å². The van der Waals surface area contributed by atoms with Crippen molar-refractivity contribution >= 4 is 44.9 Å². The van der Waals surface area contributed by atoms with E-state index in [1.54, 1.807) is 0 Å². The number of hydrogen-bond donors (Lipinski definition) is 1. The number of carboxylic acid groups (broad SMARTS) is 1. The predicted octanol–water partition coefficient (Wildman–Crippen LogP) is 3.38. The normalized spacial score (nSPS) is 18.4. The van der Waals surface area contributed by atoms with Crippen molar-refractivity contribution in [3.05, 3.63) is 33.9 Å². The van der Waals surface area contributed by atoms with Crippen LogP contribution in [0.25, 0.3) is 10.1 Å². The van der Waals surface area contributed by atoms with Gasteiger partial charge in [0.15, 0.2) is 0 Å². The molecule has 1 N–H and O–H groups in total. The van der Waals surface area contributed by atoms with Crippen molar-refractivity contribution in [1.29, 1.82) is 0 Å². The largest absolute Gasteiger partial charge is 0.480 e. The first-order valence-corrected chi connectivity index (χ1v) is 7.60. The highest BCUT2D eigenvalue weighted by Gasteiger charge is 2.36. The molecular formula is C14H11ClFNO3S. The number of hydrogen-bond acceptors (Lipinski definition) is 3. The summed E-state index contributed by atoms with van der Waals surface area (Å²) < 4.78 is 13.8. The predicted molar refractivity (Wildman–Crippen MR) is 78.5 cm³/mol. The van der Waals surface area contributed by atoms with Gasteiger partial charge in [0.2, 0.25) is 0 Å². The molecule has 1 amide bonds. The number of halogens is 2. The van der Waals surface area contributed by atoms with Crippen molar-refractivity contribution in [2.45, 2.75) is 18.9 Å². The molecular weight excluding hydrogens is 317 g/mol. The van der Waals surface area contributed by atoms with Crippen LogP contribution in [0.15, 0.2) is 18.2 Å². The number of rotatable bonds is 2. The van der Waals surface area contributed by atoms with Crippen molar-refractivity contribution < 1.29 is 19.1 Å². The fourth-order valence-electron chi connectivity index (χ4n) is 2.57. The molecule has 1 fully saturated rings. The molecule has 1 atom stereocenters. The third-order valence-corrected chi connectivity index (χ3v) is 5.23. The Kier molecular flexibility index (Phi) is 3.59. The molecule has 3 rings (SSSR count). The van der Waals surface area contributed by atoms with E-state index in [0.29, 0.717) is 29.5 Å². The number of amides is 1. The number of aliphatic carboxylic acids is 1. The van der Waals surface area contributed by atoms with Crippen LogP contribution in [0.1, 0.15) is 22.5 Å². The van der Waals surface area contributed by atoms with Gasteiger partial charge >= 0.3 is 5.97 Å². The van der Waals surface area contributed by atoms with Crippen molar-refractivity contribution in [3.63, 3.8) is 0 Å². The standard InChI is InChI=1S/C14H11ClFNO3S/c15-11-8-4-3-7(16)6-10(8)21-12(11)13(18)17-5-1-2-9(17)14(19)20/h3-4,6,9H,1-2,5H2,(H,19,20)/t9-/m0/s1. The van der Waals surface area contributed by atoms with E-state index < -0.39 is 23.7 Å². The number of fused-ring (bicyclic) bond motifs is 1. The first kappa shape index (κ1) is 14.3. The maximum atomic E-state index is 13.2. The lowest BCUT2D eigenvalue weighted by atomic mass is 10.2. The number of carboxylic acids is 1. The Morgan fingerprint density at radius 3 is 2.90 bits per heavy atom. The number of likely N-dealkylation sites (tertiary alicyclic amines) is 1. The topological polar surface area (TPSA) is 57.6 Å². The molecule has 0 spiro atoms. The third kappa shape index (κ3) is 2.38. The van der Waals surface area contributed by atoms with Gasteiger partial charge in [0.25, 0.3) is 5.91 Å². The lowest BCUT2D eigenvalue weighted by Crippen LogP contribution is -2.40. The van der Waals surface area contributed by atoms with Gasteiger partial charge in [-0.2, -0.15) is 0 Å². The molecule has 0 radical (unpaired) electrons. The van der Waals surface area contributed by atoms with Gasteiger partial charge < -0.3 is 10.0 Å². The highest BCUT2D eigenvalue weighted by atomic mass is 35.5. The Hall–Kier alpha value is -1.66. The summed E-state index contributed by atoms with van der Waals surface area (Å²) in [7, 11) is 0. The summed E-state index contributed by atoms with van der Waals surface area (Å²) in [6.07, 6.45) is 1.10. The molecule has 1 aliphatic heterocycles. The molecule has 7 heteroatoms. The van der Waals surface area contributed by atoms with E-state index in [1.165, 1.54) is 23.1 Å². The first-order chi connectivity index (χ1) is 9.99. The van der Waals surface area contributed by atoms with Crippen LogP contribution < -0.4 is 0 Å². The zero-order chi connectivity index (χ0) is 15.1. The Morgan fingerprint density at radius 2 is 2.19 bits per heavy atom. The number of carbonyl (C=O) groups is 2. The van der Waals surface area contributed by atoms with E-state index >= 15 is 0 Å². The number of nitrogens with zero attached hydrogens (tertiary/aromatic N) is 1. The Labute approximate surface area is 128 Å². The van der Waals surface area contributed by atoms with E-state index in [2.05, 4.69) is 0 Å². The maximum Gasteiger partial charge on any atom is 0.326 e. The molecule has 1 aromatic heterocycles. The molecule has 4 nitrogen and oxygen atoms in total. The molecule has 2 aromatic rings. The molecule has 1 saturated heterocycles. The highest BCUT2D eigenvalue weighted by Crippen LogP contribution is 2.37. The maximum absolute atomic E-state index is 13.2. The van der Waals surface area contributed by atoms with Crippen LogP contribution in [0.3, 0.4) is 0 Å². The summed E-state index contributed by atoms with van der Waals surface area (Å²) in [4.78, 5) is 25.3. The van der Waals surface area contributed by atoms with Gasteiger partial charge in [-0.25, -0.2) is 9.18 Å². The second kappa shape index (κ2) is 5.27. The van der Waals surface area contributed by atoms with Crippen molar-refractivity contribution in [2.24, 2.45) is 0 Å². The molecule has 1 aromatic carbocycles. The second-order valence-electron chi connectivity index (χ2n) is 4.88. The minimum Gasteiger partial charge on any atom is -0.480 e. The molecule has 0 aliphatic carbocycles. The lowest BCUT2D eigenvalue weighted by molar-refractivity contribution is -0.141. The fraction of sp³-hybridized carbons (Fsp3) is 0.286. The summed E-state index contributed by atoms with van der Waals surface area (Å²) in [6.45, 7) is 0.398. The Morgan fingerprint density at radius 1 is 1.43 bits per heavy atom.